The van der Waals surface area contributed by atoms with Crippen LogP contribution in [0.25, 0.3) is 0 Å². The molecule has 0 atom stereocenters. The molecule has 17 heavy (non-hydrogen) atoms. The molecule has 5 nitrogen and oxygen atoms in total. The van der Waals surface area contributed by atoms with E-state index in [0.717, 1.165) is 0 Å². The highest BCUT2D eigenvalue weighted by Gasteiger charge is 2.02. The molecule has 92 valence electrons. The molecule has 0 amide bonds. The number of benzene rings is 1. The zero-order valence-corrected chi connectivity index (χ0v) is 10.5. The van der Waals surface area contributed by atoms with Crippen LogP contribution in [0.1, 0.15) is 19.4 Å². The predicted molar refractivity (Wildman–Crippen MR) is 71.4 cm³/mol. The van der Waals surface area contributed by atoms with Crippen molar-refractivity contribution in [2.45, 2.75) is 20.0 Å². The number of rotatable bonds is 4. The van der Waals surface area contributed by atoms with Gasteiger partial charge in [0.05, 0.1) is 12.3 Å². The Morgan fingerprint density at radius 3 is 2.82 bits per heavy atom. The van der Waals surface area contributed by atoms with Gasteiger partial charge in [0.2, 0.25) is 0 Å². The number of nitrogens with two attached hydrogens (primary N) is 1. The topological polar surface area (TPSA) is 79.9 Å². The maximum atomic E-state index is 9.71. The van der Waals surface area contributed by atoms with Crippen molar-refractivity contribution in [3.63, 3.8) is 0 Å². The van der Waals surface area contributed by atoms with Gasteiger partial charge in [-0.2, -0.15) is 5.10 Å². The van der Waals surface area contributed by atoms with Gasteiger partial charge in [-0.25, -0.2) is 0 Å². The standard InChI is InChI=1S/C11H15N3O2S/c1-7(2)16-9-4-3-8(10(15)5-9)6-13-14-11(12)17/h3-7,15H,1-2H3,(H3,12,14,17)/b13-6+. The van der Waals surface area contributed by atoms with Gasteiger partial charge in [-0.15, -0.1) is 0 Å². The average Bonchev–Trinajstić information content (AvgIpc) is 2.20. The van der Waals surface area contributed by atoms with Crippen molar-refractivity contribution in [3.05, 3.63) is 23.8 Å². The van der Waals surface area contributed by atoms with E-state index in [-0.39, 0.29) is 17.0 Å². The largest absolute Gasteiger partial charge is 0.507 e. The first-order valence-corrected chi connectivity index (χ1v) is 5.48. The number of nitrogens with zero attached hydrogens (tertiary/aromatic N) is 1. The number of aromatic hydroxyl groups is 1. The van der Waals surface area contributed by atoms with E-state index >= 15 is 0 Å². The smallest absolute Gasteiger partial charge is 0.184 e. The maximum Gasteiger partial charge on any atom is 0.184 e. The highest BCUT2D eigenvalue weighted by Crippen LogP contribution is 2.22. The predicted octanol–water partition coefficient (Wildman–Crippen LogP) is 1.35. The highest BCUT2D eigenvalue weighted by molar-refractivity contribution is 7.80. The Hall–Kier alpha value is -1.82. The number of phenolic OH excluding ortho intramolecular Hbond substituents is 1. The molecule has 0 radical (unpaired) electrons. The van der Waals surface area contributed by atoms with E-state index in [1.165, 1.54) is 12.3 Å². The van der Waals surface area contributed by atoms with Crippen LogP contribution in [0.2, 0.25) is 0 Å². The van der Waals surface area contributed by atoms with E-state index < -0.39 is 0 Å². The fraction of sp³-hybridized carbons (Fsp3) is 0.273. The lowest BCUT2D eigenvalue weighted by Crippen LogP contribution is -2.23. The summed E-state index contributed by atoms with van der Waals surface area (Å²) >= 11 is 4.58. The fourth-order valence-corrected chi connectivity index (χ4v) is 1.20. The van der Waals surface area contributed by atoms with Crippen molar-refractivity contribution in [1.29, 1.82) is 0 Å². The first kappa shape index (κ1) is 13.2. The van der Waals surface area contributed by atoms with E-state index in [1.54, 1.807) is 12.1 Å². The summed E-state index contributed by atoms with van der Waals surface area (Å²) in [4.78, 5) is 0. The Bertz CT molecular complexity index is 433. The zero-order valence-electron chi connectivity index (χ0n) is 9.68. The van der Waals surface area contributed by atoms with Crippen molar-refractivity contribution in [3.8, 4) is 11.5 Å². The van der Waals surface area contributed by atoms with E-state index in [9.17, 15) is 5.11 Å². The second kappa shape index (κ2) is 6.05. The lowest BCUT2D eigenvalue weighted by atomic mass is 10.2. The Labute approximate surface area is 105 Å². The van der Waals surface area contributed by atoms with Gasteiger partial charge in [0.1, 0.15) is 11.5 Å². The van der Waals surface area contributed by atoms with Gasteiger partial charge in [-0.05, 0) is 38.2 Å². The van der Waals surface area contributed by atoms with Gasteiger partial charge in [0.25, 0.3) is 0 Å². The maximum absolute atomic E-state index is 9.71. The van der Waals surface area contributed by atoms with Crippen LogP contribution in [-0.4, -0.2) is 22.5 Å². The van der Waals surface area contributed by atoms with Crippen LogP contribution in [-0.2, 0) is 0 Å². The van der Waals surface area contributed by atoms with Crippen molar-refractivity contribution >= 4 is 23.5 Å². The summed E-state index contributed by atoms with van der Waals surface area (Å²) < 4.78 is 5.43. The van der Waals surface area contributed by atoms with Gasteiger partial charge >= 0.3 is 0 Å². The third-order valence-electron chi connectivity index (χ3n) is 1.75. The molecule has 0 spiro atoms. The summed E-state index contributed by atoms with van der Waals surface area (Å²) in [6, 6.07) is 4.97. The van der Waals surface area contributed by atoms with Gasteiger partial charge in [0.15, 0.2) is 5.11 Å². The first-order chi connectivity index (χ1) is 7.99. The van der Waals surface area contributed by atoms with Crippen LogP contribution in [0.4, 0.5) is 0 Å². The SMILES string of the molecule is CC(C)Oc1ccc(/C=N/NC(N)=S)c(O)c1. The zero-order chi connectivity index (χ0) is 12.8. The molecule has 0 aliphatic carbocycles. The molecule has 1 rings (SSSR count). The van der Waals surface area contributed by atoms with Crippen molar-refractivity contribution in [1.82, 2.24) is 5.43 Å². The summed E-state index contributed by atoms with van der Waals surface area (Å²) in [6.45, 7) is 3.83. The summed E-state index contributed by atoms with van der Waals surface area (Å²) in [5.41, 5.74) is 8.15. The number of hydrazone groups is 1. The first-order valence-electron chi connectivity index (χ1n) is 5.07. The van der Waals surface area contributed by atoms with Crippen LogP contribution in [0.5, 0.6) is 11.5 Å². The third kappa shape index (κ3) is 4.69. The Kier molecular flexibility index (Phi) is 4.71. The normalized spacial score (nSPS) is 10.8. The molecule has 0 saturated carbocycles. The molecule has 0 heterocycles. The third-order valence-corrected chi connectivity index (χ3v) is 1.84. The molecule has 1 aromatic carbocycles. The Morgan fingerprint density at radius 2 is 2.29 bits per heavy atom. The van der Waals surface area contributed by atoms with Crippen molar-refractivity contribution in [2.24, 2.45) is 10.8 Å². The molecular weight excluding hydrogens is 238 g/mol. The van der Waals surface area contributed by atoms with Crippen LogP contribution in [0.15, 0.2) is 23.3 Å². The summed E-state index contributed by atoms with van der Waals surface area (Å²) in [7, 11) is 0. The van der Waals surface area contributed by atoms with Crippen molar-refractivity contribution < 1.29 is 9.84 Å². The molecular formula is C11H15N3O2S. The highest BCUT2D eigenvalue weighted by atomic mass is 32.1. The van der Waals surface area contributed by atoms with E-state index in [0.29, 0.717) is 11.3 Å². The van der Waals surface area contributed by atoms with Crippen LogP contribution < -0.4 is 15.9 Å². The van der Waals surface area contributed by atoms with E-state index in [4.69, 9.17) is 10.5 Å². The molecule has 4 N–H and O–H groups in total. The lowest BCUT2D eigenvalue weighted by molar-refractivity contribution is 0.241. The minimum absolute atomic E-state index is 0.0604. The minimum atomic E-state index is 0.0604. The second-order valence-electron chi connectivity index (χ2n) is 3.62. The van der Waals surface area contributed by atoms with E-state index in [1.807, 2.05) is 13.8 Å². The molecule has 0 bridgehead atoms. The number of phenols is 1. The average molecular weight is 253 g/mol. The number of nitrogens with one attached hydrogen (secondary N) is 1. The summed E-state index contributed by atoms with van der Waals surface area (Å²) in [5, 5.41) is 13.5. The molecule has 1 aromatic rings. The number of hydrogen-bond donors (Lipinski definition) is 3. The Morgan fingerprint density at radius 1 is 1.59 bits per heavy atom. The molecule has 0 aliphatic heterocycles. The number of hydrogen-bond acceptors (Lipinski definition) is 4. The Balaban J connectivity index is 2.75. The molecule has 0 fully saturated rings. The van der Waals surface area contributed by atoms with Crippen LogP contribution >= 0.6 is 12.2 Å². The minimum Gasteiger partial charge on any atom is -0.507 e. The monoisotopic (exact) mass is 253 g/mol. The van der Waals surface area contributed by atoms with Crippen LogP contribution in [0, 0.1) is 0 Å². The quantitative estimate of drug-likeness (QED) is 0.429. The molecule has 0 saturated heterocycles. The lowest BCUT2D eigenvalue weighted by Gasteiger charge is -2.10. The van der Waals surface area contributed by atoms with Gasteiger partial charge in [-0.1, -0.05) is 0 Å². The number of ether oxygens (including phenoxy) is 1. The second-order valence-corrected chi connectivity index (χ2v) is 4.06. The van der Waals surface area contributed by atoms with Gasteiger partial charge in [-0.3, -0.25) is 5.43 Å². The molecule has 6 heteroatoms. The summed E-state index contributed by atoms with van der Waals surface area (Å²) in [6.07, 6.45) is 1.48. The fourth-order valence-electron chi connectivity index (χ4n) is 1.14. The van der Waals surface area contributed by atoms with E-state index in [2.05, 4.69) is 22.7 Å². The number of thiocarbonyl (C=S) groups is 1. The molecule has 0 aliphatic rings. The summed E-state index contributed by atoms with van der Waals surface area (Å²) in [5.74, 6) is 0.689. The van der Waals surface area contributed by atoms with Gasteiger partial charge in [0, 0.05) is 11.6 Å². The van der Waals surface area contributed by atoms with Crippen molar-refractivity contribution in [2.75, 3.05) is 0 Å². The molecule has 0 unspecified atom stereocenters. The van der Waals surface area contributed by atoms with Gasteiger partial charge < -0.3 is 15.6 Å². The molecule has 0 aromatic heterocycles. The van der Waals surface area contributed by atoms with Crippen LogP contribution in [0.3, 0.4) is 0 Å².